The van der Waals surface area contributed by atoms with Gasteiger partial charge in [0, 0.05) is 12.2 Å². The molecular formula is C12H18FN3O. The number of halogens is 1. The molecule has 5 heteroatoms. The fraction of sp³-hybridized carbons (Fsp3) is 0.417. The number of rotatable bonds is 5. The molecule has 0 aliphatic heterocycles. The summed E-state index contributed by atoms with van der Waals surface area (Å²) in [7, 11) is 0. The maximum Gasteiger partial charge on any atom is 0.239 e. The van der Waals surface area contributed by atoms with Gasteiger partial charge in [0.05, 0.1) is 12.2 Å². The van der Waals surface area contributed by atoms with Gasteiger partial charge in [-0.05, 0) is 24.1 Å². The number of carbonyl (C=O) groups is 1. The number of nitrogens with two attached hydrogens (primary N) is 1. The van der Waals surface area contributed by atoms with Gasteiger partial charge in [-0.15, -0.1) is 0 Å². The highest BCUT2D eigenvalue weighted by molar-refractivity contribution is 5.80. The van der Waals surface area contributed by atoms with E-state index in [0.29, 0.717) is 18.2 Å². The normalized spacial score (nSPS) is 10.4. The average Bonchev–Trinajstić information content (AvgIpc) is 2.25. The Balaban J connectivity index is 2.42. The molecule has 4 nitrogen and oxygen atoms in total. The Hall–Kier alpha value is -1.78. The van der Waals surface area contributed by atoms with E-state index >= 15 is 0 Å². The molecule has 94 valence electrons. The topological polar surface area (TPSA) is 67.2 Å². The minimum Gasteiger partial charge on any atom is -0.399 e. The lowest BCUT2D eigenvalue weighted by Gasteiger charge is -2.10. The average molecular weight is 239 g/mol. The summed E-state index contributed by atoms with van der Waals surface area (Å²) in [6.45, 7) is 4.68. The molecule has 0 atom stereocenters. The predicted molar refractivity (Wildman–Crippen MR) is 67.1 cm³/mol. The first-order valence-electron chi connectivity index (χ1n) is 5.54. The number of benzene rings is 1. The van der Waals surface area contributed by atoms with E-state index in [1.165, 1.54) is 12.1 Å². The number of hydrogen-bond donors (Lipinski definition) is 3. The van der Waals surface area contributed by atoms with Crippen LogP contribution in [0.1, 0.15) is 13.8 Å². The van der Waals surface area contributed by atoms with Gasteiger partial charge < -0.3 is 16.4 Å². The van der Waals surface area contributed by atoms with Crippen molar-refractivity contribution in [1.82, 2.24) is 5.32 Å². The molecule has 0 unspecified atom stereocenters. The summed E-state index contributed by atoms with van der Waals surface area (Å²) >= 11 is 0. The number of nitrogens with one attached hydrogen (secondary N) is 2. The van der Waals surface area contributed by atoms with Gasteiger partial charge in [0.1, 0.15) is 5.82 Å². The number of amides is 1. The highest BCUT2D eigenvalue weighted by Gasteiger charge is 2.05. The molecule has 0 aliphatic carbocycles. The third-order valence-corrected chi connectivity index (χ3v) is 2.14. The van der Waals surface area contributed by atoms with E-state index < -0.39 is 5.82 Å². The Kier molecular flexibility index (Phi) is 4.75. The monoisotopic (exact) mass is 239 g/mol. The largest absolute Gasteiger partial charge is 0.399 e. The van der Waals surface area contributed by atoms with Gasteiger partial charge in [-0.2, -0.15) is 0 Å². The molecule has 0 fully saturated rings. The molecule has 0 aliphatic rings. The Morgan fingerprint density at radius 1 is 1.47 bits per heavy atom. The van der Waals surface area contributed by atoms with E-state index in [9.17, 15) is 9.18 Å². The second kappa shape index (κ2) is 6.08. The molecule has 1 aromatic rings. The summed E-state index contributed by atoms with van der Waals surface area (Å²) in [4.78, 5) is 11.4. The predicted octanol–water partition coefficient (Wildman–Crippen LogP) is 1.59. The van der Waals surface area contributed by atoms with Crippen LogP contribution in [0.25, 0.3) is 0 Å². The van der Waals surface area contributed by atoms with Crippen LogP contribution in [0.4, 0.5) is 15.8 Å². The summed E-state index contributed by atoms with van der Waals surface area (Å²) in [5.41, 5.74) is 6.05. The quantitative estimate of drug-likeness (QED) is 0.684. The molecule has 1 rings (SSSR count). The van der Waals surface area contributed by atoms with E-state index in [1.54, 1.807) is 6.07 Å². The molecule has 0 radical (unpaired) electrons. The zero-order valence-electron chi connectivity index (χ0n) is 10.1. The van der Waals surface area contributed by atoms with Crippen molar-refractivity contribution in [2.24, 2.45) is 5.92 Å². The highest BCUT2D eigenvalue weighted by atomic mass is 19.1. The maximum absolute atomic E-state index is 13.3. The minimum atomic E-state index is -0.457. The number of anilines is 2. The lowest BCUT2D eigenvalue weighted by Crippen LogP contribution is -2.32. The fourth-order valence-corrected chi connectivity index (χ4v) is 1.23. The molecule has 17 heavy (non-hydrogen) atoms. The molecule has 4 N–H and O–H groups in total. The third-order valence-electron chi connectivity index (χ3n) is 2.14. The lowest BCUT2D eigenvalue weighted by molar-refractivity contribution is -0.119. The molecule has 0 saturated carbocycles. The molecule has 0 heterocycles. The first kappa shape index (κ1) is 13.3. The van der Waals surface area contributed by atoms with Crippen LogP contribution in [0.5, 0.6) is 0 Å². The van der Waals surface area contributed by atoms with Gasteiger partial charge in [-0.1, -0.05) is 13.8 Å². The van der Waals surface area contributed by atoms with Crippen molar-refractivity contribution < 1.29 is 9.18 Å². The van der Waals surface area contributed by atoms with Crippen LogP contribution in [0, 0.1) is 11.7 Å². The van der Waals surface area contributed by atoms with Crippen molar-refractivity contribution in [2.75, 3.05) is 24.1 Å². The van der Waals surface area contributed by atoms with Gasteiger partial charge in [-0.3, -0.25) is 4.79 Å². The smallest absolute Gasteiger partial charge is 0.239 e. The summed E-state index contributed by atoms with van der Waals surface area (Å²) in [6, 6.07) is 4.31. The van der Waals surface area contributed by atoms with Gasteiger partial charge in [0.25, 0.3) is 0 Å². The molecule has 0 bridgehead atoms. The van der Waals surface area contributed by atoms with Crippen LogP contribution in [-0.2, 0) is 4.79 Å². The Bertz CT molecular complexity index is 393. The standard InChI is InChI=1S/C12H18FN3O/c1-8(2)6-16-12(17)7-15-11-4-3-9(14)5-10(11)13/h3-5,8,15H,6-7,14H2,1-2H3,(H,16,17). The van der Waals surface area contributed by atoms with Crippen molar-refractivity contribution in [1.29, 1.82) is 0 Å². The first-order valence-corrected chi connectivity index (χ1v) is 5.54. The molecule has 0 aromatic heterocycles. The number of carbonyl (C=O) groups excluding carboxylic acids is 1. The second-order valence-electron chi connectivity index (χ2n) is 4.29. The van der Waals surface area contributed by atoms with Crippen LogP contribution in [0.15, 0.2) is 18.2 Å². The third kappa shape index (κ3) is 4.72. The van der Waals surface area contributed by atoms with Crippen molar-refractivity contribution in [3.05, 3.63) is 24.0 Å². The fourth-order valence-electron chi connectivity index (χ4n) is 1.23. The lowest BCUT2D eigenvalue weighted by atomic mass is 10.2. The van der Waals surface area contributed by atoms with Crippen LogP contribution in [0.3, 0.4) is 0 Å². The van der Waals surface area contributed by atoms with Crippen molar-refractivity contribution >= 4 is 17.3 Å². The Morgan fingerprint density at radius 2 is 2.18 bits per heavy atom. The van der Waals surface area contributed by atoms with E-state index in [-0.39, 0.29) is 18.1 Å². The van der Waals surface area contributed by atoms with Gasteiger partial charge in [0.2, 0.25) is 5.91 Å². The maximum atomic E-state index is 13.3. The van der Waals surface area contributed by atoms with Crippen LogP contribution in [0.2, 0.25) is 0 Å². The van der Waals surface area contributed by atoms with Gasteiger partial charge in [-0.25, -0.2) is 4.39 Å². The molecule has 1 aromatic carbocycles. The Morgan fingerprint density at radius 3 is 2.76 bits per heavy atom. The van der Waals surface area contributed by atoms with Crippen molar-refractivity contribution in [2.45, 2.75) is 13.8 Å². The first-order chi connectivity index (χ1) is 7.99. The van der Waals surface area contributed by atoms with E-state index in [4.69, 9.17) is 5.73 Å². The molecular weight excluding hydrogens is 221 g/mol. The van der Waals surface area contributed by atoms with E-state index in [2.05, 4.69) is 10.6 Å². The molecule has 0 saturated heterocycles. The number of hydrogen-bond acceptors (Lipinski definition) is 3. The Labute approximate surface area is 100 Å². The van der Waals surface area contributed by atoms with Gasteiger partial charge >= 0.3 is 0 Å². The molecule has 1 amide bonds. The minimum absolute atomic E-state index is 0.0492. The second-order valence-corrected chi connectivity index (χ2v) is 4.29. The zero-order valence-corrected chi connectivity index (χ0v) is 10.1. The summed E-state index contributed by atoms with van der Waals surface area (Å²) in [6.07, 6.45) is 0. The van der Waals surface area contributed by atoms with Gasteiger partial charge in [0.15, 0.2) is 0 Å². The summed E-state index contributed by atoms with van der Waals surface area (Å²) < 4.78 is 13.3. The van der Waals surface area contributed by atoms with Crippen molar-refractivity contribution in [3.63, 3.8) is 0 Å². The number of nitrogen functional groups attached to an aromatic ring is 1. The van der Waals surface area contributed by atoms with E-state index in [0.717, 1.165) is 0 Å². The van der Waals surface area contributed by atoms with Crippen LogP contribution in [-0.4, -0.2) is 19.0 Å². The highest BCUT2D eigenvalue weighted by Crippen LogP contribution is 2.16. The molecule has 0 spiro atoms. The van der Waals surface area contributed by atoms with Crippen LogP contribution >= 0.6 is 0 Å². The summed E-state index contributed by atoms with van der Waals surface area (Å²) in [5.74, 6) is -0.219. The summed E-state index contributed by atoms with van der Waals surface area (Å²) in [5, 5.41) is 5.46. The zero-order chi connectivity index (χ0) is 12.8. The van der Waals surface area contributed by atoms with Crippen LogP contribution < -0.4 is 16.4 Å². The van der Waals surface area contributed by atoms with Crippen molar-refractivity contribution in [3.8, 4) is 0 Å². The van der Waals surface area contributed by atoms with E-state index in [1.807, 2.05) is 13.8 Å². The SMILES string of the molecule is CC(C)CNC(=O)CNc1ccc(N)cc1F.